The number of halogens is 4. The van der Waals surface area contributed by atoms with Crippen molar-refractivity contribution in [2.75, 3.05) is 6.54 Å². The van der Waals surface area contributed by atoms with Crippen LogP contribution in [-0.4, -0.2) is 6.54 Å². The van der Waals surface area contributed by atoms with Gasteiger partial charge in [-0.3, -0.25) is 0 Å². The molecule has 0 bridgehead atoms. The largest absolute Gasteiger partial charge is 0.416 e. The number of nitrogens with one attached hydrogen (secondary N) is 1. The zero-order chi connectivity index (χ0) is 11.5. The van der Waals surface area contributed by atoms with Crippen LogP contribution >= 0.6 is 15.9 Å². The first-order chi connectivity index (χ1) is 6.95. The standard InChI is InChI=1S/C10H11BrF3N/c1-2-15-6-7-3-4-8(5-9(7)11)10(12,13)14/h3-5,15H,2,6H2,1H3. The maximum atomic E-state index is 12.3. The van der Waals surface area contributed by atoms with Gasteiger partial charge in [-0.2, -0.15) is 13.2 Å². The van der Waals surface area contributed by atoms with Crippen molar-refractivity contribution in [2.24, 2.45) is 0 Å². The van der Waals surface area contributed by atoms with Gasteiger partial charge < -0.3 is 5.32 Å². The van der Waals surface area contributed by atoms with Gasteiger partial charge in [0.2, 0.25) is 0 Å². The molecule has 0 heterocycles. The van der Waals surface area contributed by atoms with Crippen molar-refractivity contribution in [3.8, 4) is 0 Å². The maximum absolute atomic E-state index is 12.3. The summed E-state index contributed by atoms with van der Waals surface area (Å²) in [6.07, 6.45) is -4.28. The van der Waals surface area contributed by atoms with E-state index in [0.29, 0.717) is 11.0 Å². The fourth-order valence-electron chi connectivity index (χ4n) is 1.13. The summed E-state index contributed by atoms with van der Waals surface area (Å²) in [6.45, 7) is 3.29. The molecule has 1 rings (SSSR count). The summed E-state index contributed by atoms with van der Waals surface area (Å²) in [5.74, 6) is 0. The molecule has 5 heteroatoms. The first kappa shape index (κ1) is 12.5. The van der Waals surface area contributed by atoms with E-state index in [1.165, 1.54) is 6.07 Å². The van der Waals surface area contributed by atoms with Gasteiger partial charge in [0.15, 0.2) is 0 Å². The van der Waals surface area contributed by atoms with Crippen molar-refractivity contribution in [3.05, 3.63) is 33.8 Å². The van der Waals surface area contributed by atoms with Crippen LogP contribution < -0.4 is 5.32 Å². The van der Waals surface area contributed by atoms with Crippen molar-refractivity contribution >= 4 is 15.9 Å². The van der Waals surface area contributed by atoms with E-state index in [2.05, 4.69) is 21.2 Å². The number of alkyl halides is 3. The summed E-state index contributed by atoms with van der Waals surface area (Å²) in [4.78, 5) is 0. The molecule has 0 atom stereocenters. The Morgan fingerprint density at radius 3 is 2.47 bits per heavy atom. The average Bonchev–Trinajstić information content (AvgIpc) is 2.14. The Morgan fingerprint density at radius 1 is 1.33 bits per heavy atom. The molecule has 1 aromatic rings. The van der Waals surface area contributed by atoms with Crippen molar-refractivity contribution in [2.45, 2.75) is 19.6 Å². The predicted octanol–water partition coefficient (Wildman–Crippen LogP) is 3.58. The lowest BCUT2D eigenvalue weighted by atomic mass is 10.1. The lowest BCUT2D eigenvalue weighted by Crippen LogP contribution is -2.13. The fraction of sp³-hybridized carbons (Fsp3) is 0.400. The van der Waals surface area contributed by atoms with Gasteiger partial charge in [-0.05, 0) is 24.2 Å². The Hall–Kier alpha value is -0.550. The molecule has 0 aliphatic rings. The zero-order valence-corrected chi connectivity index (χ0v) is 9.74. The van der Waals surface area contributed by atoms with Crippen LogP contribution in [0.2, 0.25) is 0 Å². The van der Waals surface area contributed by atoms with Crippen LogP contribution in [0.5, 0.6) is 0 Å². The minimum absolute atomic E-state index is 0.485. The van der Waals surface area contributed by atoms with Crippen molar-refractivity contribution in [1.82, 2.24) is 5.32 Å². The molecule has 1 nitrogen and oxygen atoms in total. The second-order valence-corrected chi connectivity index (χ2v) is 3.94. The van der Waals surface area contributed by atoms with E-state index in [1.807, 2.05) is 6.92 Å². The smallest absolute Gasteiger partial charge is 0.313 e. The number of hydrogen-bond donors (Lipinski definition) is 1. The summed E-state index contributed by atoms with van der Waals surface area (Å²) < 4.78 is 37.4. The zero-order valence-electron chi connectivity index (χ0n) is 8.16. The molecule has 0 unspecified atom stereocenters. The third-order valence-corrected chi connectivity index (χ3v) is 2.68. The van der Waals surface area contributed by atoms with Crippen LogP contribution in [-0.2, 0) is 12.7 Å². The van der Waals surface area contributed by atoms with E-state index in [9.17, 15) is 13.2 Å². The number of rotatable bonds is 3. The van der Waals surface area contributed by atoms with E-state index in [4.69, 9.17) is 0 Å². The quantitative estimate of drug-likeness (QED) is 0.893. The predicted molar refractivity (Wildman–Crippen MR) is 56.5 cm³/mol. The topological polar surface area (TPSA) is 12.0 Å². The van der Waals surface area contributed by atoms with Gasteiger partial charge in [0.05, 0.1) is 5.56 Å². The summed E-state index contributed by atoms with van der Waals surface area (Å²) >= 11 is 3.13. The van der Waals surface area contributed by atoms with Gasteiger partial charge >= 0.3 is 6.18 Å². The minimum Gasteiger partial charge on any atom is -0.313 e. The highest BCUT2D eigenvalue weighted by Crippen LogP contribution is 2.32. The summed E-state index contributed by atoms with van der Waals surface area (Å²) in [6, 6.07) is 3.68. The molecule has 84 valence electrons. The van der Waals surface area contributed by atoms with Gasteiger partial charge in [0.1, 0.15) is 0 Å². The van der Waals surface area contributed by atoms with Crippen LogP contribution in [0.15, 0.2) is 22.7 Å². The summed E-state index contributed by atoms with van der Waals surface area (Å²) in [5.41, 5.74) is 0.194. The SMILES string of the molecule is CCNCc1ccc(C(F)(F)F)cc1Br. The number of benzene rings is 1. The molecule has 15 heavy (non-hydrogen) atoms. The van der Waals surface area contributed by atoms with Crippen molar-refractivity contribution < 1.29 is 13.2 Å². The fourth-order valence-corrected chi connectivity index (χ4v) is 1.65. The van der Waals surface area contributed by atoms with Crippen LogP contribution in [0.1, 0.15) is 18.1 Å². The maximum Gasteiger partial charge on any atom is 0.416 e. The minimum atomic E-state index is -4.28. The molecular weight excluding hydrogens is 271 g/mol. The highest BCUT2D eigenvalue weighted by molar-refractivity contribution is 9.10. The Kier molecular flexibility index (Phi) is 4.16. The average molecular weight is 282 g/mol. The molecule has 0 radical (unpaired) electrons. The van der Waals surface area contributed by atoms with E-state index in [0.717, 1.165) is 24.2 Å². The molecule has 1 aromatic carbocycles. The highest BCUT2D eigenvalue weighted by Gasteiger charge is 2.30. The monoisotopic (exact) mass is 281 g/mol. The van der Waals surface area contributed by atoms with E-state index in [1.54, 1.807) is 0 Å². The highest BCUT2D eigenvalue weighted by atomic mass is 79.9. The van der Waals surface area contributed by atoms with E-state index < -0.39 is 11.7 Å². The van der Waals surface area contributed by atoms with Crippen molar-refractivity contribution in [3.63, 3.8) is 0 Å². The lowest BCUT2D eigenvalue weighted by molar-refractivity contribution is -0.137. The third kappa shape index (κ3) is 3.50. The van der Waals surface area contributed by atoms with Gasteiger partial charge in [-0.15, -0.1) is 0 Å². The lowest BCUT2D eigenvalue weighted by Gasteiger charge is -2.10. The molecule has 0 aromatic heterocycles. The Labute approximate surface area is 94.8 Å². The molecule has 0 spiro atoms. The second kappa shape index (κ2) is 4.99. The van der Waals surface area contributed by atoms with Crippen LogP contribution in [0.3, 0.4) is 0 Å². The molecular formula is C10H11BrF3N. The third-order valence-electron chi connectivity index (χ3n) is 1.95. The normalized spacial score (nSPS) is 11.8. The van der Waals surface area contributed by atoms with Crippen LogP contribution in [0.25, 0.3) is 0 Å². The van der Waals surface area contributed by atoms with E-state index >= 15 is 0 Å². The Bertz CT molecular complexity index is 336. The van der Waals surface area contributed by atoms with Gasteiger partial charge in [-0.1, -0.05) is 28.9 Å². The molecule has 0 fully saturated rings. The molecule has 0 saturated heterocycles. The Balaban J connectivity index is 2.88. The number of hydrogen-bond acceptors (Lipinski definition) is 1. The molecule has 0 aliphatic carbocycles. The molecule has 0 amide bonds. The van der Waals surface area contributed by atoms with Crippen LogP contribution in [0, 0.1) is 0 Å². The first-order valence-electron chi connectivity index (χ1n) is 4.51. The van der Waals surface area contributed by atoms with Gasteiger partial charge in [0, 0.05) is 11.0 Å². The van der Waals surface area contributed by atoms with Crippen LogP contribution in [0.4, 0.5) is 13.2 Å². The van der Waals surface area contributed by atoms with E-state index in [-0.39, 0.29) is 0 Å². The van der Waals surface area contributed by atoms with Gasteiger partial charge in [-0.25, -0.2) is 0 Å². The molecule has 0 aliphatic heterocycles. The molecule has 1 N–H and O–H groups in total. The molecule has 0 saturated carbocycles. The Morgan fingerprint density at radius 2 is 2.00 bits per heavy atom. The summed E-state index contributed by atoms with van der Waals surface area (Å²) in [7, 11) is 0. The second-order valence-electron chi connectivity index (χ2n) is 3.08. The summed E-state index contributed by atoms with van der Waals surface area (Å²) in [5, 5.41) is 3.05. The first-order valence-corrected chi connectivity index (χ1v) is 5.30. The van der Waals surface area contributed by atoms with Crippen molar-refractivity contribution in [1.29, 1.82) is 0 Å². The van der Waals surface area contributed by atoms with Gasteiger partial charge in [0.25, 0.3) is 0 Å².